The highest BCUT2D eigenvalue weighted by Crippen LogP contribution is 2.47. The van der Waals surface area contributed by atoms with E-state index in [1.807, 2.05) is 91.0 Å². The molecule has 2 aliphatic rings. The van der Waals surface area contributed by atoms with Gasteiger partial charge in [0.15, 0.2) is 6.29 Å². The second-order valence-corrected chi connectivity index (χ2v) is 15.8. The first-order valence-electron chi connectivity index (χ1n) is 17.6. The number of nitrogens with zero attached hydrogens (tertiary/aromatic N) is 1. The highest BCUT2D eigenvalue weighted by molar-refractivity contribution is 7.89. The van der Waals surface area contributed by atoms with Crippen LogP contribution in [0, 0.1) is 0 Å². The van der Waals surface area contributed by atoms with Crippen molar-refractivity contribution in [2.45, 2.75) is 60.9 Å². The molecule has 0 aliphatic carbocycles. The van der Waals surface area contributed by atoms with Crippen LogP contribution < -0.4 is 4.72 Å². The van der Waals surface area contributed by atoms with Gasteiger partial charge in [0.25, 0.3) is 0 Å². The predicted molar refractivity (Wildman–Crippen MR) is 201 cm³/mol. The Morgan fingerprint density at radius 2 is 1.33 bits per heavy atom. The van der Waals surface area contributed by atoms with Gasteiger partial charge < -0.3 is 24.6 Å². The van der Waals surface area contributed by atoms with Gasteiger partial charge in [0.05, 0.1) is 29.3 Å². The first-order chi connectivity index (χ1) is 25.2. The second-order valence-electron chi connectivity index (χ2n) is 13.6. The molecule has 2 fully saturated rings. The Labute approximate surface area is 310 Å². The molecule has 0 spiro atoms. The number of hydrogen-bond acceptors (Lipinski definition) is 7. The third-order valence-corrected chi connectivity index (χ3v) is 11.9. The lowest BCUT2D eigenvalue weighted by molar-refractivity contribution is -0.264. The zero-order valence-corrected chi connectivity index (χ0v) is 30.3. The lowest BCUT2D eigenvalue weighted by Gasteiger charge is -2.46. The molecule has 0 bridgehead atoms. The van der Waals surface area contributed by atoms with Gasteiger partial charge in [-0.1, -0.05) is 121 Å². The summed E-state index contributed by atoms with van der Waals surface area (Å²) in [5.74, 6) is -0.152. The molecular formula is C42H43ClN2O6S. The zero-order valence-electron chi connectivity index (χ0n) is 28.7. The molecule has 5 aromatic rings. The van der Waals surface area contributed by atoms with Gasteiger partial charge in [-0.05, 0) is 64.9 Å². The van der Waals surface area contributed by atoms with Crippen LogP contribution >= 0.6 is 11.6 Å². The van der Waals surface area contributed by atoms with Gasteiger partial charge in [0.2, 0.25) is 10.0 Å². The summed E-state index contributed by atoms with van der Waals surface area (Å²) in [5, 5.41) is 22.0. The molecule has 0 aromatic heterocycles. The number of halogens is 1. The van der Waals surface area contributed by atoms with Gasteiger partial charge in [-0.3, -0.25) is 0 Å². The molecule has 0 amide bonds. The summed E-state index contributed by atoms with van der Waals surface area (Å²) >= 11 is 6.13. The molecule has 3 N–H and O–H groups in total. The van der Waals surface area contributed by atoms with Crippen LogP contribution in [0.3, 0.4) is 0 Å². The quantitative estimate of drug-likeness (QED) is 0.131. The molecule has 0 radical (unpaired) electrons. The molecule has 270 valence electrons. The normalized spacial score (nSPS) is 22.2. The molecule has 10 heteroatoms. The highest BCUT2D eigenvalue weighted by Gasteiger charge is 2.43. The Kier molecular flexibility index (Phi) is 11.2. The van der Waals surface area contributed by atoms with E-state index in [0.29, 0.717) is 37.5 Å². The SMILES string of the molecule is O=S(=O)(NCc1ccc(C2OC(CN3CCC(O)(c4ccc(Cl)cc4)CC3)C(c3ccccc3)C(c3ccc(CO)cc3)O2)cc1)c1ccccc1. The first-order valence-corrected chi connectivity index (χ1v) is 19.5. The lowest BCUT2D eigenvalue weighted by atomic mass is 9.81. The second kappa shape index (κ2) is 16.0. The van der Waals surface area contributed by atoms with E-state index in [-0.39, 0.29) is 36.2 Å². The summed E-state index contributed by atoms with van der Waals surface area (Å²) in [6, 6.07) is 41.6. The molecule has 2 saturated heterocycles. The molecular weight excluding hydrogens is 696 g/mol. The van der Waals surface area contributed by atoms with E-state index in [4.69, 9.17) is 21.1 Å². The van der Waals surface area contributed by atoms with Crippen LogP contribution in [0.15, 0.2) is 138 Å². The first kappa shape index (κ1) is 36.5. The van der Waals surface area contributed by atoms with Crippen LogP contribution in [0.1, 0.15) is 64.5 Å². The third kappa shape index (κ3) is 8.33. The molecule has 4 atom stereocenters. The fourth-order valence-electron chi connectivity index (χ4n) is 7.23. The Bertz CT molecular complexity index is 2010. The average Bonchev–Trinajstić information content (AvgIpc) is 3.19. The number of nitrogens with one attached hydrogen (secondary N) is 1. The summed E-state index contributed by atoms with van der Waals surface area (Å²) in [7, 11) is -3.65. The number of rotatable bonds is 11. The van der Waals surface area contributed by atoms with Gasteiger partial charge in [-0.2, -0.15) is 0 Å². The van der Waals surface area contributed by atoms with Gasteiger partial charge in [0, 0.05) is 42.7 Å². The van der Waals surface area contributed by atoms with Crippen molar-refractivity contribution in [3.63, 3.8) is 0 Å². The predicted octanol–water partition coefficient (Wildman–Crippen LogP) is 7.23. The maximum atomic E-state index is 12.8. The molecule has 4 unspecified atom stereocenters. The van der Waals surface area contributed by atoms with E-state index >= 15 is 0 Å². The number of sulfonamides is 1. The summed E-state index contributed by atoms with van der Waals surface area (Å²) in [6.07, 6.45) is -0.175. The number of aliphatic hydroxyl groups excluding tert-OH is 1. The van der Waals surface area contributed by atoms with Gasteiger partial charge in [-0.25, -0.2) is 13.1 Å². The Balaban J connectivity index is 1.14. The van der Waals surface area contributed by atoms with E-state index < -0.39 is 21.9 Å². The summed E-state index contributed by atoms with van der Waals surface area (Å²) in [6.45, 7) is 2.10. The lowest BCUT2D eigenvalue weighted by Crippen LogP contribution is -2.49. The largest absolute Gasteiger partial charge is 0.392 e. The number of likely N-dealkylation sites (tertiary alicyclic amines) is 1. The molecule has 2 aliphatic heterocycles. The number of aliphatic hydroxyl groups is 2. The standard InChI is InChI=1S/C42H43ClN2O6S/c43-36-21-19-35(20-22-36)42(47)23-25-45(26-24-42)28-38-39(32-7-3-1-4-8-32)40(33-15-13-31(29-46)14-16-33)51-41(50-38)34-17-11-30(12-18-34)27-44-52(48,49)37-9-5-2-6-10-37/h1-22,38-41,44,46-47H,23-29H2. The van der Waals surface area contributed by atoms with Crippen LogP contribution in [-0.2, 0) is 38.2 Å². The highest BCUT2D eigenvalue weighted by atomic mass is 35.5. The van der Waals surface area contributed by atoms with Crippen molar-refractivity contribution in [3.8, 4) is 0 Å². The van der Waals surface area contributed by atoms with E-state index in [9.17, 15) is 18.6 Å². The zero-order chi connectivity index (χ0) is 36.1. The molecule has 8 nitrogen and oxygen atoms in total. The van der Waals surface area contributed by atoms with Gasteiger partial charge >= 0.3 is 0 Å². The summed E-state index contributed by atoms with van der Waals surface area (Å²) < 4.78 is 42.1. The Hall–Kier alpha value is -3.90. The number of benzene rings is 5. The van der Waals surface area contributed by atoms with Crippen LogP contribution in [0.4, 0.5) is 0 Å². The van der Waals surface area contributed by atoms with E-state index in [2.05, 4.69) is 21.8 Å². The number of piperidine rings is 1. The molecule has 0 saturated carbocycles. The van der Waals surface area contributed by atoms with Gasteiger partial charge in [-0.15, -0.1) is 0 Å². The summed E-state index contributed by atoms with van der Waals surface area (Å²) in [4.78, 5) is 2.58. The van der Waals surface area contributed by atoms with Crippen molar-refractivity contribution in [1.82, 2.24) is 9.62 Å². The van der Waals surface area contributed by atoms with Crippen molar-refractivity contribution in [3.05, 3.63) is 172 Å². The maximum absolute atomic E-state index is 12.8. The minimum Gasteiger partial charge on any atom is -0.392 e. The maximum Gasteiger partial charge on any atom is 0.240 e. The average molecular weight is 739 g/mol. The third-order valence-electron chi connectivity index (χ3n) is 10.2. The number of ether oxygens (including phenoxy) is 2. The van der Waals surface area contributed by atoms with Crippen LogP contribution in [0.2, 0.25) is 5.02 Å². The Morgan fingerprint density at radius 3 is 1.96 bits per heavy atom. The van der Waals surface area contributed by atoms with E-state index in [0.717, 1.165) is 33.4 Å². The van der Waals surface area contributed by atoms with Crippen molar-refractivity contribution in [2.75, 3.05) is 19.6 Å². The van der Waals surface area contributed by atoms with Crippen molar-refractivity contribution >= 4 is 21.6 Å². The van der Waals surface area contributed by atoms with Crippen molar-refractivity contribution in [2.24, 2.45) is 0 Å². The number of hydrogen-bond donors (Lipinski definition) is 3. The smallest absolute Gasteiger partial charge is 0.240 e. The summed E-state index contributed by atoms with van der Waals surface area (Å²) in [5.41, 5.74) is 4.47. The van der Waals surface area contributed by atoms with Crippen LogP contribution in [0.5, 0.6) is 0 Å². The minimum absolute atomic E-state index is 0.0482. The molecule has 7 rings (SSSR count). The fraction of sp³-hybridized carbons (Fsp3) is 0.286. The topological polar surface area (TPSA) is 108 Å². The molecule has 5 aromatic carbocycles. The molecule has 2 heterocycles. The van der Waals surface area contributed by atoms with E-state index in [1.165, 1.54) is 0 Å². The van der Waals surface area contributed by atoms with Crippen molar-refractivity contribution in [1.29, 1.82) is 0 Å². The van der Waals surface area contributed by atoms with Gasteiger partial charge in [0.1, 0.15) is 0 Å². The molecule has 52 heavy (non-hydrogen) atoms. The van der Waals surface area contributed by atoms with Crippen molar-refractivity contribution < 1.29 is 28.1 Å². The van der Waals surface area contributed by atoms with Crippen LogP contribution in [0.25, 0.3) is 0 Å². The van der Waals surface area contributed by atoms with Crippen LogP contribution in [-0.4, -0.2) is 49.3 Å². The Morgan fingerprint density at radius 1 is 0.731 bits per heavy atom. The fourth-order valence-corrected chi connectivity index (χ4v) is 8.39. The van der Waals surface area contributed by atoms with E-state index in [1.54, 1.807) is 30.3 Å². The monoisotopic (exact) mass is 738 g/mol. The minimum atomic E-state index is -3.65.